The molecule has 3 N–H and O–H groups in total. The maximum absolute atomic E-state index is 12.5. The third kappa shape index (κ3) is 5.18. The number of aromatic nitrogens is 1. The molecule has 0 unspecified atom stereocenters. The van der Waals surface area contributed by atoms with Crippen LogP contribution in [0, 0.1) is 0 Å². The summed E-state index contributed by atoms with van der Waals surface area (Å²) in [6, 6.07) is 23.3. The summed E-state index contributed by atoms with van der Waals surface area (Å²) in [5.41, 5.74) is 5.35. The molecule has 0 spiro atoms. The Morgan fingerprint density at radius 3 is 2.35 bits per heavy atom. The van der Waals surface area contributed by atoms with Gasteiger partial charge in [-0.2, -0.15) is 0 Å². The molecule has 0 atom stereocenters. The lowest BCUT2D eigenvalue weighted by molar-refractivity contribution is 0.0943. The molecule has 3 aromatic carbocycles. The van der Waals surface area contributed by atoms with Crippen LogP contribution in [0.25, 0.3) is 10.9 Å². The molecule has 0 fully saturated rings. The molecule has 4 rings (SSSR count). The van der Waals surface area contributed by atoms with Gasteiger partial charge in [-0.25, -0.2) is 4.99 Å². The van der Waals surface area contributed by atoms with Crippen molar-refractivity contribution in [2.24, 2.45) is 4.99 Å². The highest BCUT2D eigenvalue weighted by Crippen LogP contribution is 2.32. The van der Waals surface area contributed by atoms with Gasteiger partial charge in [0.25, 0.3) is 5.91 Å². The van der Waals surface area contributed by atoms with Crippen LogP contribution < -0.4 is 5.32 Å². The van der Waals surface area contributed by atoms with Gasteiger partial charge >= 0.3 is 0 Å². The Balaban J connectivity index is 1.81. The standard InChI is InChI=1S/C28H30N4O2/c1-18(2)29-27(33)21-12-15-23-24(16-21)31-28(34)25(23)26(20-8-6-5-7-9-20)30-22-13-10-19(11-14-22)17-32(3)4/h5-16,18,31,34H,17H2,1-4H3,(H,29,33). The quantitative estimate of drug-likeness (QED) is 0.334. The summed E-state index contributed by atoms with van der Waals surface area (Å²) in [6.45, 7) is 4.70. The van der Waals surface area contributed by atoms with E-state index in [1.165, 1.54) is 5.56 Å². The number of rotatable bonds is 7. The largest absolute Gasteiger partial charge is 0.494 e. The van der Waals surface area contributed by atoms with Gasteiger partial charge in [0.05, 0.1) is 17.0 Å². The number of aliphatic imine (C=N–C) groups is 1. The number of hydrogen-bond donors (Lipinski definition) is 3. The Labute approximate surface area is 200 Å². The van der Waals surface area contributed by atoms with Crippen molar-refractivity contribution in [2.45, 2.75) is 26.4 Å². The van der Waals surface area contributed by atoms with Crippen molar-refractivity contribution in [3.05, 3.63) is 95.1 Å². The molecule has 0 saturated heterocycles. The average molecular weight is 455 g/mol. The fourth-order valence-corrected chi connectivity index (χ4v) is 3.94. The van der Waals surface area contributed by atoms with Crippen LogP contribution in [0.4, 0.5) is 5.69 Å². The van der Waals surface area contributed by atoms with E-state index in [0.29, 0.717) is 22.4 Å². The molecule has 6 heteroatoms. The third-order valence-corrected chi connectivity index (χ3v) is 5.42. The molecule has 0 aliphatic rings. The summed E-state index contributed by atoms with van der Waals surface area (Å²) < 4.78 is 0. The van der Waals surface area contributed by atoms with E-state index in [0.717, 1.165) is 23.2 Å². The van der Waals surface area contributed by atoms with Crippen molar-refractivity contribution in [1.82, 2.24) is 15.2 Å². The Kier molecular flexibility index (Phi) is 6.80. The average Bonchev–Trinajstić information content (AvgIpc) is 3.13. The van der Waals surface area contributed by atoms with Gasteiger partial charge < -0.3 is 20.3 Å². The number of fused-ring (bicyclic) bond motifs is 1. The normalized spacial score (nSPS) is 12.0. The van der Waals surface area contributed by atoms with Gasteiger partial charge in [-0.15, -0.1) is 0 Å². The molecule has 0 aliphatic carbocycles. The zero-order chi connectivity index (χ0) is 24.2. The lowest BCUT2D eigenvalue weighted by Gasteiger charge is -2.11. The van der Waals surface area contributed by atoms with E-state index in [-0.39, 0.29) is 17.8 Å². The SMILES string of the molecule is CC(C)NC(=O)c1ccc2c(C(=Nc3ccc(CN(C)C)cc3)c3ccccc3)c(O)[nH]c2c1. The number of aromatic hydroxyl groups is 1. The summed E-state index contributed by atoms with van der Waals surface area (Å²) in [7, 11) is 4.08. The number of aromatic amines is 1. The zero-order valence-electron chi connectivity index (χ0n) is 20.0. The van der Waals surface area contributed by atoms with Crippen LogP contribution in [0.1, 0.15) is 40.9 Å². The zero-order valence-corrected chi connectivity index (χ0v) is 20.0. The summed E-state index contributed by atoms with van der Waals surface area (Å²) in [5.74, 6) is -0.134. The van der Waals surface area contributed by atoms with Crippen molar-refractivity contribution >= 4 is 28.2 Å². The summed E-state index contributed by atoms with van der Waals surface area (Å²) in [5, 5.41) is 14.6. The summed E-state index contributed by atoms with van der Waals surface area (Å²) in [6.07, 6.45) is 0. The maximum atomic E-state index is 12.5. The minimum atomic E-state index is -0.151. The van der Waals surface area contributed by atoms with E-state index in [1.807, 2.05) is 76.5 Å². The third-order valence-electron chi connectivity index (χ3n) is 5.42. The molecule has 1 aromatic heterocycles. The van der Waals surface area contributed by atoms with Gasteiger partial charge in [0.2, 0.25) is 0 Å². The molecular formula is C28H30N4O2. The highest BCUT2D eigenvalue weighted by atomic mass is 16.3. The first-order valence-electron chi connectivity index (χ1n) is 11.4. The molecule has 0 radical (unpaired) electrons. The Morgan fingerprint density at radius 2 is 1.71 bits per heavy atom. The second kappa shape index (κ2) is 9.93. The molecular weight excluding hydrogens is 424 g/mol. The first kappa shape index (κ1) is 23.3. The molecule has 6 nitrogen and oxygen atoms in total. The molecule has 34 heavy (non-hydrogen) atoms. The van der Waals surface area contributed by atoms with Crippen LogP contribution in [-0.4, -0.2) is 46.7 Å². The number of benzene rings is 3. The van der Waals surface area contributed by atoms with Crippen LogP contribution in [0.2, 0.25) is 0 Å². The maximum Gasteiger partial charge on any atom is 0.251 e. The second-order valence-electron chi connectivity index (χ2n) is 8.97. The summed E-state index contributed by atoms with van der Waals surface area (Å²) in [4.78, 5) is 22.6. The predicted molar refractivity (Wildman–Crippen MR) is 138 cm³/mol. The van der Waals surface area contributed by atoms with Crippen molar-refractivity contribution in [2.75, 3.05) is 14.1 Å². The summed E-state index contributed by atoms with van der Waals surface area (Å²) >= 11 is 0. The number of H-pyrrole nitrogens is 1. The van der Waals surface area contributed by atoms with Crippen LogP contribution in [0.3, 0.4) is 0 Å². The van der Waals surface area contributed by atoms with Crippen LogP contribution in [0.5, 0.6) is 5.88 Å². The van der Waals surface area contributed by atoms with Crippen molar-refractivity contribution in [3.63, 3.8) is 0 Å². The molecule has 0 aliphatic heterocycles. The smallest absolute Gasteiger partial charge is 0.251 e. The first-order chi connectivity index (χ1) is 16.3. The van der Waals surface area contributed by atoms with Crippen LogP contribution in [0.15, 0.2) is 77.8 Å². The molecule has 1 heterocycles. The van der Waals surface area contributed by atoms with Crippen LogP contribution in [-0.2, 0) is 6.54 Å². The lowest BCUT2D eigenvalue weighted by Crippen LogP contribution is -2.29. The minimum Gasteiger partial charge on any atom is -0.494 e. The fourth-order valence-electron chi connectivity index (χ4n) is 3.94. The van der Waals surface area contributed by atoms with E-state index in [1.54, 1.807) is 12.1 Å². The number of carbonyl (C=O) groups excluding carboxylic acids is 1. The van der Waals surface area contributed by atoms with E-state index >= 15 is 0 Å². The topological polar surface area (TPSA) is 80.7 Å². The lowest BCUT2D eigenvalue weighted by atomic mass is 10.00. The van der Waals surface area contributed by atoms with E-state index in [4.69, 9.17) is 4.99 Å². The van der Waals surface area contributed by atoms with Gasteiger partial charge in [0.1, 0.15) is 0 Å². The van der Waals surface area contributed by atoms with Crippen molar-refractivity contribution < 1.29 is 9.90 Å². The van der Waals surface area contributed by atoms with Gasteiger partial charge in [-0.05, 0) is 57.8 Å². The Bertz CT molecular complexity index is 1320. The van der Waals surface area contributed by atoms with Crippen molar-refractivity contribution in [3.8, 4) is 5.88 Å². The minimum absolute atomic E-state index is 0.0169. The van der Waals surface area contributed by atoms with Gasteiger partial charge in [0.15, 0.2) is 5.88 Å². The van der Waals surface area contributed by atoms with Crippen LogP contribution >= 0.6 is 0 Å². The highest BCUT2D eigenvalue weighted by Gasteiger charge is 2.20. The predicted octanol–water partition coefficient (Wildman–Crippen LogP) is 5.24. The second-order valence-corrected chi connectivity index (χ2v) is 8.97. The molecule has 4 aromatic rings. The highest BCUT2D eigenvalue weighted by molar-refractivity contribution is 6.22. The number of nitrogens with one attached hydrogen (secondary N) is 2. The van der Waals surface area contributed by atoms with Gasteiger partial charge in [-0.1, -0.05) is 48.5 Å². The Hall–Kier alpha value is -3.90. The number of carbonyl (C=O) groups is 1. The number of hydrogen-bond acceptors (Lipinski definition) is 4. The first-order valence-corrected chi connectivity index (χ1v) is 11.4. The van der Waals surface area contributed by atoms with E-state index in [9.17, 15) is 9.90 Å². The van der Waals surface area contributed by atoms with E-state index < -0.39 is 0 Å². The Morgan fingerprint density at radius 1 is 1.00 bits per heavy atom. The molecule has 1 amide bonds. The molecule has 0 saturated carbocycles. The van der Waals surface area contributed by atoms with Gasteiger partial charge in [-0.3, -0.25) is 4.79 Å². The number of amides is 1. The van der Waals surface area contributed by atoms with E-state index in [2.05, 4.69) is 27.3 Å². The molecule has 174 valence electrons. The number of nitrogens with zero attached hydrogens (tertiary/aromatic N) is 2. The van der Waals surface area contributed by atoms with Gasteiger partial charge in [0, 0.05) is 34.6 Å². The molecule has 0 bridgehead atoms. The van der Waals surface area contributed by atoms with Crippen molar-refractivity contribution in [1.29, 1.82) is 0 Å². The fraction of sp³-hybridized carbons (Fsp3) is 0.214. The monoisotopic (exact) mass is 454 g/mol.